The molecule has 0 saturated carbocycles. The second-order valence-corrected chi connectivity index (χ2v) is 2.27. The van der Waals surface area contributed by atoms with E-state index < -0.39 is 0 Å². The van der Waals surface area contributed by atoms with Crippen LogP contribution in [0.1, 0.15) is 33.6 Å². The zero-order chi connectivity index (χ0) is 7.82. The van der Waals surface area contributed by atoms with Gasteiger partial charge >= 0.3 is 0 Å². The molecule has 2 heteroatoms. The molecule has 0 amide bonds. The summed E-state index contributed by atoms with van der Waals surface area (Å²) in [4.78, 5) is 5.16. The third kappa shape index (κ3) is 5.63. The Morgan fingerprint density at radius 2 is 2.20 bits per heavy atom. The second kappa shape index (κ2) is 6.62. The molecule has 0 aliphatic carbocycles. The number of hydrogen-bond donors (Lipinski definition) is 1. The van der Waals surface area contributed by atoms with Gasteiger partial charge in [0.15, 0.2) is 0 Å². The molecule has 0 bridgehead atoms. The van der Waals surface area contributed by atoms with Crippen molar-refractivity contribution in [2.24, 2.45) is 0 Å². The maximum absolute atomic E-state index is 5.16. The number of hydrogen-bond acceptors (Lipinski definition) is 2. The zero-order valence-corrected chi connectivity index (χ0v) is 7.05. The Hall–Kier alpha value is -0.500. The molecular weight excluding hydrogens is 126 g/mol. The third-order valence-electron chi connectivity index (χ3n) is 1.27. The van der Waals surface area contributed by atoms with E-state index in [1.807, 2.05) is 19.2 Å². The molecule has 1 atom stereocenters. The van der Waals surface area contributed by atoms with Gasteiger partial charge in [0.25, 0.3) is 0 Å². The summed E-state index contributed by atoms with van der Waals surface area (Å²) in [7, 11) is 0. The zero-order valence-electron chi connectivity index (χ0n) is 7.05. The van der Waals surface area contributed by atoms with Crippen LogP contribution in [-0.2, 0) is 4.84 Å². The van der Waals surface area contributed by atoms with Crippen LogP contribution in [0.5, 0.6) is 0 Å². The van der Waals surface area contributed by atoms with Crippen molar-refractivity contribution in [2.75, 3.05) is 0 Å². The monoisotopic (exact) mass is 143 g/mol. The molecule has 0 radical (unpaired) electrons. The molecule has 0 aromatic rings. The van der Waals surface area contributed by atoms with Crippen LogP contribution >= 0.6 is 0 Å². The first-order valence-corrected chi connectivity index (χ1v) is 3.87. The molecule has 0 heterocycles. The van der Waals surface area contributed by atoms with Crippen molar-refractivity contribution in [3.63, 3.8) is 0 Å². The standard InChI is InChI=1S/C8H17NO/c1-4-6-7-9-10-8(3)5-2/h6-9H,4-5H2,1-3H3/b7-6+. The lowest BCUT2D eigenvalue weighted by molar-refractivity contribution is 0.00814. The maximum atomic E-state index is 5.16. The number of nitrogens with one attached hydrogen (secondary N) is 1. The van der Waals surface area contributed by atoms with E-state index in [4.69, 9.17) is 4.84 Å². The minimum absolute atomic E-state index is 0.293. The Labute approximate surface area is 63.2 Å². The normalized spacial score (nSPS) is 13.9. The Balaban J connectivity index is 3.10. The minimum atomic E-state index is 0.293. The van der Waals surface area contributed by atoms with Gasteiger partial charge in [-0.3, -0.25) is 10.3 Å². The molecule has 0 fully saturated rings. The van der Waals surface area contributed by atoms with Gasteiger partial charge in [0.2, 0.25) is 0 Å². The molecule has 0 rings (SSSR count). The largest absolute Gasteiger partial charge is 0.274 e. The lowest BCUT2D eigenvalue weighted by Gasteiger charge is -2.07. The lowest BCUT2D eigenvalue weighted by atomic mass is 10.3. The Bertz CT molecular complexity index is 91.3. The predicted octanol–water partition coefficient (Wildman–Crippen LogP) is 2.23. The molecule has 1 N–H and O–H groups in total. The first-order valence-electron chi connectivity index (χ1n) is 3.87. The van der Waals surface area contributed by atoms with E-state index in [0.717, 1.165) is 12.8 Å². The fourth-order valence-electron chi connectivity index (χ4n) is 0.405. The van der Waals surface area contributed by atoms with Gasteiger partial charge in [-0.2, -0.15) is 0 Å². The van der Waals surface area contributed by atoms with Crippen LogP contribution in [0.15, 0.2) is 12.3 Å². The van der Waals surface area contributed by atoms with Crippen molar-refractivity contribution >= 4 is 0 Å². The summed E-state index contributed by atoms with van der Waals surface area (Å²) < 4.78 is 0. The summed E-state index contributed by atoms with van der Waals surface area (Å²) in [6.45, 7) is 6.21. The van der Waals surface area contributed by atoms with E-state index >= 15 is 0 Å². The lowest BCUT2D eigenvalue weighted by Crippen LogP contribution is -2.15. The highest BCUT2D eigenvalue weighted by atomic mass is 16.7. The maximum Gasteiger partial charge on any atom is 0.0823 e. The highest BCUT2D eigenvalue weighted by Crippen LogP contribution is 1.91. The molecule has 60 valence electrons. The topological polar surface area (TPSA) is 21.3 Å². The highest BCUT2D eigenvalue weighted by molar-refractivity contribution is 4.73. The summed E-state index contributed by atoms with van der Waals surface area (Å²) in [6, 6.07) is 0. The van der Waals surface area contributed by atoms with E-state index in [2.05, 4.69) is 19.3 Å². The van der Waals surface area contributed by atoms with Crippen LogP contribution in [0.25, 0.3) is 0 Å². The number of hydroxylamine groups is 1. The van der Waals surface area contributed by atoms with Crippen LogP contribution in [0.2, 0.25) is 0 Å². The SMILES string of the molecule is CC/C=C/NOC(C)CC. The van der Waals surface area contributed by atoms with Crippen molar-refractivity contribution in [1.82, 2.24) is 5.48 Å². The van der Waals surface area contributed by atoms with Gasteiger partial charge in [0, 0.05) is 6.20 Å². The molecule has 0 spiro atoms. The quantitative estimate of drug-likeness (QED) is 0.596. The van der Waals surface area contributed by atoms with Crippen LogP contribution in [0, 0.1) is 0 Å². The van der Waals surface area contributed by atoms with Crippen molar-refractivity contribution in [1.29, 1.82) is 0 Å². The summed E-state index contributed by atoms with van der Waals surface area (Å²) in [6.07, 6.45) is 6.21. The summed E-state index contributed by atoms with van der Waals surface area (Å²) >= 11 is 0. The van der Waals surface area contributed by atoms with Crippen LogP contribution in [0.3, 0.4) is 0 Å². The molecular formula is C8H17NO. The van der Waals surface area contributed by atoms with Gasteiger partial charge in [-0.05, 0) is 19.8 Å². The molecule has 2 nitrogen and oxygen atoms in total. The average Bonchev–Trinajstić information content (AvgIpc) is 1.98. The number of allylic oxidation sites excluding steroid dienone is 1. The van der Waals surface area contributed by atoms with Crippen LogP contribution in [-0.4, -0.2) is 6.10 Å². The first-order chi connectivity index (χ1) is 4.81. The van der Waals surface area contributed by atoms with Crippen LogP contribution in [0.4, 0.5) is 0 Å². The van der Waals surface area contributed by atoms with Gasteiger partial charge < -0.3 is 0 Å². The van der Waals surface area contributed by atoms with E-state index in [1.54, 1.807) is 0 Å². The van der Waals surface area contributed by atoms with Gasteiger partial charge in [-0.1, -0.05) is 19.9 Å². The molecule has 1 unspecified atom stereocenters. The number of rotatable bonds is 5. The van der Waals surface area contributed by atoms with Gasteiger partial charge in [0.05, 0.1) is 6.10 Å². The minimum Gasteiger partial charge on any atom is -0.274 e. The molecule has 0 saturated heterocycles. The summed E-state index contributed by atoms with van der Waals surface area (Å²) in [5.74, 6) is 0. The third-order valence-corrected chi connectivity index (χ3v) is 1.27. The van der Waals surface area contributed by atoms with E-state index in [1.165, 1.54) is 0 Å². The summed E-state index contributed by atoms with van der Waals surface area (Å²) in [5, 5.41) is 0. The van der Waals surface area contributed by atoms with E-state index in [-0.39, 0.29) is 0 Å². The average molecular weight is 143 g/mol. The van der Waals surface area contributed by atoms with Gasteiger partial charge in [-0.25, -0.2) is 0 Å². The fourth-order valence-corrected chi connectivity index (χ4v) is 0.405. The van der Waals surface area contributed by atoms with E-state index in [9.17, 15) is 0 Å². The fraction of sp³-hybridized carbons (Fsp3) is 0.750. The van der Waals surface area contributed by atoms with Gasteiger partial charge in [-0.15, -0.1) is 0 Å². The highest BCUT2D eigenvalue weighted by Gasteiger charge is 1.93. The Kier molecular flexibility index (Phi) is 6.29. The second-order valence-electron chi connectivity index (χ2n) is 2.27. The Morgan fingerprint density at radius 3 is 2.70 bits per heavy atom. The van der Waals surface area contributed by atoms with Crippen LogP contribution < -0.4 is 5.48 Å². The van der Waals surface area contributed by atoms with Gasteiger partial charge in [0.1, 0.15) is 0 Å². The molecule has 0 aliphatic heterocycles. The smallest absolute Gasteiger partial charge is 0.0823 e. The molecule has 0 aromatic carbocycles. The first kappa shape index (κ1) is 9.50. The van der Waals surface area contributed by atoms with E-state index in [0.29, 0.717) is 6.10 Å². The summed E-state index contributed by atoms with van der Waals surface area (Å²) in [5.41, 5.74) is 2.76. The van der Waals surface area contributed by atoms with Crippen molar-refractivity contribution in [2.45, 2.75) is 39.7 Å². The van der Waals surface area contributed by atoms with Crippen molar-refractivity contribution < 1.29 is 4.84 Å². The molecule has 0 aromatic heterocycles. The molecule has 0 aliphatic rings. The Morgan fingerprint density at radius 1 is 1.50 bits per heavy atom. The van der Waals surface area contributed by atoms with Crippen molar-refractivity contribution in [3.8, 4) is 0 Å². The molecule has 10 heavy (non-hydrogen) atoms. The van der Waals surface area contributed by atoms with Crippen molar-refractivity contribution in [3.05, 3.63) is 12.3 Å². The predicted molar refractivity (Wildman–Crippen MR) is 43.4 cm³/mol.